The van der Waals surface area contributed by atoms with Crippen LogP contribution in [0.15, 0.2) is 48.7 Å². The number of hydrogen-bond donors (Lipinski definition) is 1. The highest BCUT2D eigenvalue weighted by Crippen LogP contribution is 2.33. The van der Waals surface area contributed by atoms with Gasteiger partial charge in [-0.2, -0.15) is 0 Å². The summed E-state index contributed by atoms with van der Waals surface area (Å²) in [6.07, 6.45) is 1.90. The maximum atomic E-state index is 6.14. The van der Waals surface area contributed by atoms with E-state index in [4.69, 9.17) is 16.3 Å². The van der Waals surface area contributed by atoms with Crippen LogP contribution in [-0.4, -0.2) is 4.98 Å². The molecule has 0 bridgehead atoms. The first-order valence-corrected chi connectivity index (χ1v) is 6.12. The molecule has 1 N–H and O–H groups in total. The summed E-state index contributed by atoms with van der Waals surface area (Å²) >= 11 is 6.14. The summed E-state index contributed by atoms with van der Waals surface area (Å²) in [4.78, 5) is 3.16. The SMILES string of the molecule is Cc1ccc(Cl)c(Oc2cccc3[nH]ccc23)c1. The number of fused-ring (bicyclic) bond motifs is 1. The van der Waals surface area contributed by atoms with E-state index in [0.29, 0.717) is 10.8 Å². The largest absolute Gasteiger partial charge is 0.455 e. The molecule has 1 aromatic heterocycles. The summed E-state index contributed by atoms with van der Waals surface area (Å²) < 4.78 is 5.91. The molecule has 0 amide bonds. The van der Waals surface area contributed by atoms with Crippen LogP contribution in [0.25, 0.3) is 10.9 Å². The van der Waals surface area contributed by atoms with Crippen LogP contribution >= 0.6 is 11.6 Å². The number of rotatable bonds is 2. The minimum absolute atomic E-state index is 0.619. The molecular formula is C15H12ClNO. The zero-order valence-corrected chi connectivity index (χ0v) is 10.7. The van der Waals surface area contributed by atoms with E-state index in [9.17, 15) is 0 Å². The molecule has 90 valence electrons. The van der Waals surface area contributed by atoms with Gasteiger partial charge in [-0.25, -0.2) is 0 Å². The van der Waals surface area contributed by atoms with Crippen LogP contribution in [0.3, 0.4) is 0 Å². The van der Waals surface area contributed by atoms with Gasteiger partial charge in [-0.15, -0.1) is 0 Å². The van der Waals surface area contributed by atoms with Crippen molar-refractivity contribution >= 4 is 22.5 Å². The molecule has 0 saturated heterocycles. The molecule has 1 heterocycles. The van der Waals surface area contributed by atoms with Crippen molar-refractivity contribution in [1.29, 1.82) is 0 Å². The van der Waals surface area contributed by atoms with Crippen LogP contribution in [0.5, 0.6) is 11.5 Å². The lowest BCUT2D eigenvalue weighted by molar-refractivity contribution is 0.488. The third kappa shape index (κ3) is 1.95. The number of H-pyrrole nitrogens is 1. The van der Waals surface area contributed by atoms with E-state index in [1.54, 1.807) is 0 Å². The van der Waals surface area contributed by atoms with Crippen LogP contribution in [0.2, 0.25) is 5.02 Å². The van der Waals surface area contributed by atoms with Crippen LogP contribution in [0.4, 0.5) is 0 Å². The van der Waals surface area contributed by atoms with Crippen LogP contribution in [0, 0.1) is 6.92 Å². The standard InChI is InChI=1S/C15H12ClNO/c1-10-5-6-12(16)15(9-10)18-14-4-2-3-13-11(14)7-8-17-13/h2-9,17H,1H3. The summed E-state index contributed by atoms with van der Waals surface area (Å²) in [7, 11) is 0. The summed E-state index contributed by atoms with van der Waals surface area (Å²) in [5.41, 5.74) is 2.17. The molecule has 3 rings (SSSR count). The summed E-state index contributed by atoms with van der Waals surface area (Å²) in [6, 6.07) is 13.7. The maximum absolute atomic E-state index is 6.14. The second kappa shape index (κ2) is 4.39. The van der Waals surface area contributed by atoms with Crippen molar-refractivity contribution in [3.63, 3.8) is 0 Å². The molecule has 3 heteroatoms. The molecule has 0 atom stereocenters. The van der Waals surface area contributed by atoms with E-state index in [-0.39, 0.29) is 0 Å². The Hall–Kier alpha value is -1.93. The Morgan fingerprint density at radius 3 is 2.83 bits per heavy atom. The van der Waals surface area contributed by atoms with Gasteiger partial charge in [0, 0.05) is 17.1 Å². The number of hydrogen-bond acceptors (Lipinski definition) is 1. The Balaban J connectivity index is 2.06. The van der Waals surface area contributed by atoms with E-state index in [1.807, 2.05) is 55.6 Å². The first-order chi connectivity index (χ1) is 8.74. The highest BCUT2D eigenvalue weighted by molar-refractivity contribution is 6.32. The minimum atomic E-state index is 0.619. The fraction of sp³-hybridized carbons (Fsp3) is 0.0667. The van der Waals surface area contributed by atoms with Crippen molar-refractivity contribution in [2.75, 3.05) is 0 Å². The van der Waals surface area contributed by atoms with E-state index in [0.717, 1.165) is 22.2 Å². The highest BCUT2D eigenvalue weighted by atomic mass is 35.5. The van der Waals surface area contributed by atoms with Gasteiger partial charge in [-0.05, 0) is 42.8 Å². The summed E-state index contributed by atoms with van der Waals surface area (Å²) in [5, 5.41) is 1.67. The van der Waals surface area contributed by atoms with E-state index >= 15 is 0 Å². The molecular weight excluding hydrogens is 246 g/mol. The van der Waals surface area contributed by atoms with Crippen molar-refractivity contribution < 1.29 is 4.74 Å². The molecule has 0 saturated carbocycles. The lowest BCUT2D eigenvalue weighted by atomic mass is 10.2. The van der Waals surface area contributed by atoms with Crippen molar-refractivity contribution in [3.8, 4) is 11.5 Å². The first kappa shape index (κ1) is 11.2. The third-order valence-corrected chi connectivity index (χ3v) is 3.17. The molecule has 0 spiro atoms. The summed E-state index contributed by atoms with van der Waals surface area (Å²) in [5.74, 6) is 1.49. The van der Waals surface area contributed by atoms with Crippen molar-refractivity contribution in [3.05, 3.63) is 59.2 Å². The summed E-state index contributed by atoms with van der Waals surface area (Å²) in [6.45, 7) is 2.01. The van der Waals surface area contributed by atoms with Gasteiger partial charge in [0.1, 0.15) is 11.5 Å². The minimum Gasteiger partial charge on any atom is -0.455 e. The Morgan fingerprint density at radius 1 is 1.06 bits per heavy atom. The average molecular weight is 258 g/mol. The fourth-order valence-corrected chi connectivity index (χ4v) is 2.11. The van der Waals surface area contributed by atoms with Gasteiger partial charge < -0.3 is 9.72 Å². The lowest BCUT2D eigenvalue weighted by Gasteiger charge is -2.09. The molecule has 3 aromatic rings. The molecule has 0 unspecified atom stereocenters. The van der Waals surface area contributed by atoms with Gasteiger partial charge in [0.15, 0.2) is 0 Å². The number of nitrogens with one attached hydrogen (secondary N) is 1. The first-order valence-electron chi connectivity index (χ1n) is 5.74. The third-order valence-electron chi connectivity index (χ3n) is 2.86. The molecule has 0 aliphatic carbocycles. The van der Waals surface area contributed by atoms with Crippen LogP contribution in [0.1, 0.15) is 5.56 Å². The predicted molar refractivity (Wildman–Crippen MR) is 74.6 cm³/mol. The maximum Gasteiger partial charge on any atom is 0.146 e. The topological polar surface area (TPSA) is 25.0 Å². The lowest BCUT2D eigenvalue weighted by Crippen LogP contribution is -1.87. The highest BCUT2D eigenvalue weighted by Gasteiger charge is 2.07. The molecule has 0 aliphatic rings. The van der Waals surface area contributed by atoms with Gasteiger partial charge in [-0.1, -0.05) is 23.7 Å². The zero-order valence-electron chi connectivity index (χ0n) is 9.91. The Bertz CT molecular complexity index is 703. The van der Waals surface area contributed by atoms with E-state index in [2.05, 4.69) is 4.98 Å². The normalized spacial score (nSPS) is 10.8. The molecule has 0 aliphatic heterocycles. The van der Waals surface area contributed by atoms with Crippen molar-refractivity contribution in [2.45, 2.75) is 6.92 Å². The Labute approximate surface area is 110 Å². The number of aryl methyl sites for hydroxylation is 1. The van der Waals surface area contributed by atoms with Gasteiger partial charge in [-0.3, -0.25) is 0 Å². The monoisotopic (exact) mass is 257 g/mol. The second-order valence-corrected chi connectivity index (χ2v) is 4.64. The number of benzene rings is 2. The van der Waals surface area contributed by atoms with Crippen molar-refractivity contribution in [2.24, 2.45) is 0 Å². The molecule has 0 fully saturated rings. The number of halogens is 1. The number of ether oxygens (including phenoxy) is 1. The van der Waals surface area contributed by atoms with Gasteiger partial charge in [0.2, 0.25) is 0 Å². The van der Waals surface area contributed by atoms with Gasteiger partial charge in [0.05, 0.1) is 5.02 Å². The Kier molecular flexibility index (Phi) is 2.73. The Morgan fingerprint density at radius 2 is 1.94 bits per heavy atom. The predicted octanol–water partition coefficient (Wildman–Crippen LogP) is 4.92. The molecule has 2 nitrogen and oxygen atoms in total. The quantitative estimate of drug-likeness (QED) is 0.692. The second-order valence-electron chi connectivity index (χ2n) is 4.23. The zero-order chi connectivity index (χ0) is 12.5. The van der Waals surface area contributed by atoms with Crippen LogP contribution in [-0.2, 0) is 0 Å². The van der Waals surface area contributed by atoms with E-state index < -0.39 is 0 Å². The average Bonchev–Trinajstić information content (AvgIpc) is 2.83. The molecule has 18 heavy (non-hydrogen) atoms. The smallest absolute Gasteiger partial charge is 0.146 e. The number of aromatic amines is 1. The number of aromatic nitrogens is 1. The van der Waals surface area contributed by atoms with Gasteiger partial charge in [0.25, 0.3) is 0 Å². The van der Waals surface area contributed by atoms with Crippen molar-refractivity contribution in [1.82, 2.24) is 4.98 Å². The van der Waals surface area contributed by atoms with E-state index in [1.165, 1.54) is 0 Å². The van der Waals surface area contributed by atoms with Gasteiger partial charge >= 0.3 is 0 Å². The fourth-order valence-electron chi connectivity index (χ4n) is 1.95. The van der Waals surface area contributed by atoms with Crippen LogP contribution < -0.4 is 4.74 Å². The molecule has 2 aromatic carbocycles. The molecule has 0 radical (unpaired) electrons.